The van der Waals surface area contributed by atoms with E-state index in [9.17, 15) is 22.8 Å². The van der Waals surface area contributed by atoms with E-state index < -0.39 is 40.2 Å². The number of benzene rings is 1. The Balaban J connectivity index is 1.81. The van der Waals surface area contributed by atoms with Crippen LogP contribution in [0.3, 0.4) is 0 Å². The van der Waals surface area contributed by atoms with Gasteiger partial charge >= 0.3 is 12.1 Å². The number of pyridine rings is 1. The van der Waals surface area contributed by atoms with E-state index in [1.807, 2.05) is 25.8 Å². The first-order valence-electron chi connectivity index (χ1n) is 11.7. The summed E-state index contributed by atoms with van der Waals surface area (Å²) in [5.41, 5.74) is -2.19. The number of nitrogens with one attached hydrogen (secondary N) is 1. The van der Waals surface area contributed by atoms with E-state index >= 15 is 4.39 Å². The third-order valence-electron chi connectivity index (χ3n) is 6.57. The highest BCUT2D eigenvalue weighted by atomic mass is 35.5. The zero-order chi connectivity index (χ0) is 28.6. The van der Waals surface area contributed by atoms with Gasteiger partial charge in [-0.1, -0.05) is 16.8 Å². The fourth-order valence-corrected chi connectivity index (χ4v) is 4.46. The van der Waals surface area contributed by atoms with Crippen molar-refractivity contribution in [3.05, 3.63) is 58.4 Å². The molecule has 208 valence electrons. The van der Waals surface area contributed by atoms with Crippen LogP contribution in [-0.2, 0) is 10.9 Å². The van der Waals surface area contributed by atoms with Gasteiger partial charge < -0.3 is 15.0 Å². The minimum Gasteiger partial charge on any atom is -0.464 e. The number of aromatic nitrogens is 4. The molecule has 3 heterocycles. The van der Waals surface area contributed by atoms with Crippen molar-refractivity contribution in [2.45, 2.75) is 32.1 Å². The van der Waals surface area contributed by atoms with Crippen LogP contribution in [0, 0.1) is 5.82 Å². The summed E-state index contributed by atoms with van der Waals surface area (Å²) in [6.07, 6.45) is -3.03. The predicted molar refractivity (Wildman–Crippen MR) is 134 cm³/mol. The molecule has 0 bridgehead atoms. The molecule has 0 aliphatic carbocycles. The molecule has 1 amide bonds. The van der Waals surface area contributed by atoms with Crippen LogP contribution in [0.1, 0.15) is 40.3 Å². The summed E-state index contributed by atoms with van der Waals surface area (Å²) in [5, 5.41) is 9.44. The van der Waals surface area contributed by atoms with Crippen LogP contribution < -0.4 is 10.2 Å². The van der Waals surface area contributed by atoms with Gasteiger partial charge in [-0.05, 0) is 33.0 Å². The minimum absolute atomic E-state index is 0.0125. The first-order valence-corrected chi connectivity index (χ1v) is 12.0. The maximum absolute atomic E-state index is 15.4. The van der Waals surface area contributed by atoms with Crippen molar-refractivity contribution in [2.24, 2.45) is 0 Å². The number of rotatable bonds is 5. The lowest BCUT2D eigenvalue weighted by atomic mass is 10.1. The zero-order valence-electron chi connectivity index (χ0n) is 21.3. The van der Waals surface area contributed by atoms with Gasteiger partial charge in [-0.25, -0.2) is 18.9 Å². The minimum atomic E-state index is -4.89. The lowest BCUT2D eigenvalue weighted by molar-refractivity contribution is -0.138. The van der Waals surface area contributed by atoms with E-state index in [0.717, 1.165) is 30.3 Å². The molecule has 2 atom stereocenters. The molecule has 39 heavy (non-hydrogen) atoms. The number of hydrogen-bond acceptors (Lipinski definition) is 8. The van der Waals surface area contributed by atoms with Crippen molar-refractivity contribution in [1.82, 2.24) is 24.9 Å². The second-order valence-electron chi connectivity index (χ2n) is 9.13. The van der Waals surface area contributed by atoms with Crippen LogP contribution in [0.4, 0.5) is 28.9 Å². The van der Waals surface area contributed by atoms with Crippen LogP contribution in [0.5, 0.6) is 0 Å². The van der Waals surface area contributed by atoms with Crippen molar-refractivity contribution < 1.29 is 31.9 Å². The molecule has 1 aliphatic rings. The smallest absolute Gasteiger partial charge is 0.417 e. The number of halogens is 5. The fraction of sp³-hybridized carbons (Fsp3) is 0.375. The first-order chi connectivity index (χ1) is 18.3. The van der Waals surface area contributed by atoms with Crippen molar-refractivity contribution >= 4 is 34.9 Å². The van der Waals surface area contributed by atoms with Crippen molar-refractivity contribution in [3.63, 3.8) is 0 Å². The molecule has 4 rings (SSSR count). The summed E-state index contributed by atoms with van der Waals surface area (Å²) in [5.74, 6) is -2.70. The third kappa shape index (κ3) is 5.81. The number of carbonyl (C=O) groups excluding carboxylic acids is 2. The average Bonchev–Trinajstić information content (AvgIpc) is 3.36. The van der Waals surface area contributed by atoms with Crippen molar-refractivity contribution in [1.29, 1.82) is 0 Å². The van der Waals surface area contributed by atoms with Gasteiger partial charge in [-0.2, -0.15) is 13.2 Å². The lowest BCUT2D eigenvalue weighted by Crippen LogP contribution is -2.55. The molecule has 1 aromatic carbocycles. The Kier molecular flexibility index (Phi) is 7.80. The number of nitrogens with zero attached hydrogens (tertiary/aromatic N) is 6. The topological polar surface area (TPSA) is 105 Å². The van der Waals surface area contributed by atoms with E-state index in [2.05, 4.69) is 30.2 Å². The monoisotopic (exact) mass is 569 g/mol. The average molecular weight is 570 g/mol. The van der Waals surface area contributed by atoms with Crippen LogP contribution in [0.25, 0.3) is 5.69 Å². The van der Waals surface area contributed by atoms with Gasteiger partial charge in [-0.3, -0.25) is 9.69 Å². The Hall–Kier alpha value is -3.78. The summed E-state index contributed by atoms with van der Waals surface area (Å²) in [6, 6.07) is 3.02. The molecular formula is C24H24ClF4N7O3. The number of amides is 1. The SMILES string of the molecule is COC(=O)c1cn(-c2cc(NC(=O)c3cnc(Cl)cc3C(F)(F)F)c(N3C[C@@H](C)N(C)[C@@H](C)C3)cc2F)nn1. The Morgan fingerprint density at radius 2 is 1.79 bits per heavy atom. The highest BCUT2D eigenvalue weighted by Crippen LogP contribution is 2.36. The summed E-state index contributed by atoms with van der Waals surface area (Å²) < 4.78 is 62.0. The molecule has 2 aromatic heterocycles. The van der Waals surface area contributed by atoms with Gasteiger partial charge in [-0.15, -0.1) is 5.10 Å². The van der Waals surface area contributed by atoms with Gasteiger partial charge in [0.25, 0.3) is 5.91 Å². The van der Waals surface area contributed by atoms with Gasteiger partial charge in [0, 0.05) is 37.4 Å². The molecule has 0 radical (unpaired) electrons. The molecule has 1 fully saturated rings. The fourth-order valence-electron chi connectivity index (χ4n) is 4.30. The molecule has 1 aliphatic heterocycles. The second-order valence-corrected chi connectivity index (χ2v) is 9.52. The maximum atomic E-state index is 15.4. The maximum Gasteiger partial charge on any atom is 0.417 e. The van der Waals surface area contributed by atoms with Gasteiger partial charge in [0.15, 0.2) is 11.5 Å². The summed E-state index contributed by atoms with van der Waals surface area (Å²) in [4.78, 5) is 32.6. The van der Waals surface area contributed by atoms with Crippen molar-refractivity contribution in [3.8, 4) is 5.69 Å². The Labute approximate surface area is 225 Å². The van der Waals surface area contributed by atoms with E-state index in [-0.39, 0.29) is 34.8 Å². The quantitative estimate of drug-likeness (QED) is 0.279. The molecule has 10 nitrogen and oxygen atoms in total. The highest BCUT2D eigenvalue weighted by molar-refractivity contribution is 6.29. The summed E-state index contributed by atoms with van der Waals surface area (Å²) in [7, 11) is 3.10. The largest absolute Gasteiger partial charge is 0.464 e. The Bertz CT molecular complexity index is 1400. The first kappa shape index (κ1) is 28.2. The number of carbonyl (C=O) groups is 2. The molecule has 1 N–H and O–H groups in total. The van der Waals surface area contributed by atoms with E-state index in [1.165, 1.54) is 6.07 Å². The number of likely N-dealkylation sites (N-methyl/N-ethyl adjacent to an activating group) is 1. The molecule has 1 saturated heterocycles. The number of methoxy groups -OCH3 is 1. The highest BCUT2D eigenvalue weighted by Gasteiger charge is 2.36. The summed E-state index contributed by atoms with van der Waals surface area (Å²) in [6.45, 7) is 4.86. The molecule has 0 unspecified atom stereocenters. The molecular weight excluding hydrogens is 546 g/mol. The van der Waals surface area contributed by atoms with E-state index in [1.54, 1.807) is 0 Å². The molecule has 3 aromatic rings. The lowest BCUT2D eigenvalue weighted by Gasteiger charge is -2.44. The number of anilines is 2. The Morgan fingerprint density at radius 1 is 1.13 bits per heavy atom. The predicted octanol–water partition coefficient (Wildman–Crippen LogP) is 4.04. The molecule has 0 saturated carbocycles. The van der Waals surface area contributed by atoms with Gasteiger partial charge in [0.1, 0.15) is 10.8 Å². The van der Waals surface area contributed by atoms with Crippen LogP contribution in [0.15, 0.2) is 30.6 Å². The number of hydrogen-bond donors (Lipinski definition) is 1. The van der Waals surface area contributed by atoms with Crippen LogP contribution >= 0.6 is 11.6 Å². The van der Waals surface area contributed by atoms with Crippen molar-refractivity contribution in [2.75, 3.05) is 37.5 Å². The van der Waals surface area contributed by atoms with Gasteiger partial charge in [0.05, 0.1) is 35.8 Å². The molecule has 0 spiro atoms. The van der Waals surface area contributed by atoms with E-state index in [0.29, 0.717) is 19.2 Å². The standard InChI is InChI=1S/C24H24ClF4N7O3/c1-12-9-35(10-13(2)34(12)3)20-6-16(26)19(36-11-18(32-33-36)23(38)39-4)7-17(20)31-22(37)14-8-30-21(25)5-15(14)24(27,28)29/h5-8,11-13H,9-10H2,1-4H3,(H,31,37)/t12-,13+. The van der Waals surface area contributed by atoms with E-state index in [4.69, 9.17) is 11.6 Å². The number of piperazine rings is 1. The normalized spacial score (nSPS) is 18.2. The van der Waals surface area contributed by atoms with Gasteiger partial charge in [0.2, 0.25) is 0 Å². The number of esters is 1. The second kappa shape index (κ2) is 10.8. The molecule has 15 heteroatoms. The number of ether oxygens (including phenoxy) is 1. The third-order valence-corrected chi connectivity index (χ3v) is 6.78. The summed E-state index contributed by atoms with van der Waals surface area (Å²) >= 11 is 5.65. The Morgan fingerprint density at radius 3 is 2.41 bits per heavy atom. The van der Waals surface area contributed by atoms with Crippen LogP contribution in [-0.4, -0.2) is 76.1 Å². The number of alkyl halides is 3. The van der Waals surface area contributed by atoms with Crippen LogP contribution in [0.2, 0.25) is 5.15 Å². The zero-order valence-corrected chi connectivity index (χ0v) is 22.0.